The fourth-order valence-electron chi connectivity index (χ4n) is 9.80. The Balaban J connectivity index is 1.72. The van der Waals surface area contributed by atoms with Gasteiger partial charge in [-0.2, -0.15) is 0 Å². The Hall–Kier alpha value is -2.54. The van der Waals surface area contributed by atoms with Gasteiger partial charge in [-0.05, 0) is 51.4 Å². The van der Waals surface area contributed by atoms with Gasteiger partial charge in [0.1, 0.15) is 55.4 Å². The van der Waals surface area contributed by atoms with Gasteiger partial charge in [-0.1, -0.05) is 229 Å². The van der Waals surface area contributed by atoms with Gasteiger partial charge in [0.05, 0.1) is 19.8 Å². The number of hydrogen-bond acceptors (Lipinski definition) is 15. The molecule has 454 valence electrons. The van der Waals surface area contributed by atoms with Crippen molar-refractivity contribution in [3.8, 4) is 0 Å². The predicted molar refractivity (Wildman–Crippen MR) is 307 cm³/mol. The number of hydrogen-bond donors (Lipinski definition) is 7. The van der Waals surface area contributed by atoms with E-state index in [9.17, 15) is 45.3 Å². The first-order valence-corrected chi connectivity index (χ1v) is 31.2. The molecule has 0 amide bonds. The second-order valence-corrected chi connectivity index (χ2v) is 21.9. The fourth-order valence-corrected chi connectivity index (χ4v) is 9.80. The highest BCUT2D eigenvalue weighted by molar-refractivity contribution is 5.70. The summed E-state index contributed by atoms with van der Waals surface area (Å²) in [5, 5.41) is 72.4. The van der Waals surface area contributed by atoms with Crippen molar-refractivity contribution in [2.75, 3.05) is 26.4 Å². The zero-order chi connectivity index (χ0) is 56.7. The number of carbonyl (C=O) groups excluding carboxylic acids is 2. The van der Waals surface area contributed by atoms with Crippen molar-refractivity contribution in [1.29, 1.82) is 0 Å². The predicted octanol–water partition coefficient (Wildman–Crippen LogP) is 11.4. The molecule has 0 bridgehead atoms. The van der Waals surface area contributed by atoms with Gasteiger partial charge in [-0.3, -0.25) is 9.59 Å². The van der Waals surface area contributed by atoms with Crippen molar-refractivity contribution >= 4 is 11.9 Å². The highest BCUT2D eigenvalue weighted by atomic mass is 16.7. The molecule has 0 aromatic rings. The molecule has 2 fully saturated rings. The van der Waals surface area contributed by atoms with Crippen LogP contribution in [0.5, 0.6) is 0 Å². The fraction of sp³-hybridized carbons (Fsp3) is 0.841. The van der Waals surface area contributed by atoms with Crippen LogP contribution in [0.25, 0.3) is 0 Å². The van der Waals surface area contributed by atoms with Gasteiger partial charge >= 0.3 is 11.9 Å². The van der Waals surface area contributed by atoms with Crippen LogP contribution in [0.4, 0.5) is 0 Å². The molecule has 11 unspecified atom stereocenters. The van der Waals surface area contributed by atoms with Crippen LogP contribution >= 0.6 is 0 Å². The van der Waals surface area contributed by atoms with Crippen LogP contribution in [0.2, 0.25) is 0 Å². The Morgan fingerprint density at radius 3 is 1.27 bits per heavy atom. The van der Waals surface area contributed by atoms with E-state index in [0.29, 0.717) is 12.8 Å². The minimum atomic E-state index is -1.77. The SMILES string of the molecule is CC/C=C\C/C=C\C/C=C\C/C=C\CCCCCCCCCCCCC(=O)OC(COC(=O)CCCCCCCCCCCCCCCCCCCCC)COC1OC(COC2OC(CO)C(O)C(O)C2O)C(O)C(O)C1O. The zero-order valence-electron chi connectivity index (χ0n) is 48.7. The minimum Gasteiger partial charge on any atom is -0.462 e. The number of unbranched alkanes of at least 4 members (excludes halogenated alkanes) is 28. The molecular formula is C63H112O15. The molecular weight excluding hydrogens is 997 g/mol. The van der Waals surface area contributed by atoms with Gasteiger partial charge in [0, 0.05) is 12.8 Å². The smallest absolute Gasteiger partial charge is 0.306 e. The molecule has 2 aliphatic heterocycles. The van der Waals surface area contributed by atoms with E-state index in [1.807, 2.05) is 0 Å². The molecule has 2 rings (SSSR count). The van der Waals surface area contributed by atoms with Crippen molar-refractivity contribution in [3.05, 3.63) is 48.6 Å². The normalized spacial score (nSPS) is 24.3. The molecule has 2 aliphatic rings. The monoisotopic (exact) mass is 1110 g/mol. The van der Waals surface area contributed by atoms with Crippen LogP contribution in [0.3, 0.4) is 0 Å². The maximum absolute atomic E-state index is 13.1. The van der Waals surface area contributed by atoms with E-state index in [-0.39, 0.29) is 26.1 Å². The summed E-state index contributed by atoms with van der Waals surface area (Å²) in [4.78, 5) is 26.0. The van der Waals surface area contributed by atoms with Crippen molar-refractivity contribution in [1.82, 2.24) is 0 Å². The number of aliphatic hydroxyl groups is 7. The summed E-state index contributed by atoms with van der Waals surface area (Å²) < 4.78 is 33.8. The lowest BCUT2D eigenvalue weighted by Crippen LogP contribution is -2.61. The maximum atomic E-state index is 13.1. The lowest BCUT2D eigenvalue weighted by molar-refractivity contribution is -0.332. The Morgan fingerprint density at radius 2 is 0.808 bits per heavy atom. The number of allylic oxidation sites excluding steroid dienone is 8. The molecule has 2 saturated heterocycles. The van der Waals surface area contributed by atoms with Gasteiger partial charge < -0.3 is 64.2 Å². The van der Waals surface area contributed by atoms with Gasteiger partial charge in [0.2, 0.25) is 0 Å². The molecule has 15 heteroatoms. The first-order chi connectivity index (χ1) is 38.0. The van der Waals surface area contributed by atoms with E-state index in [4.69, 9.17) is 28.4 Å². The minimum absolute atomic E-state index is 0.161. The Kier molecular flexibility index (Phi) is 45.1. The van der Waals surface area contributed by atoms with Crippen molar-refractivity contribution in [3.63, 3.8) is 0 Å². The topological polar surface area (TPSA) is 231 Å². The molecule has 0 spiro atoms. The highest BCUT2D eigenvalue weighted by Crippen LogP contribution is 2.27. The Labute approximate surface area is 471 Å². The Bertz CT molecular complexity index is 1540. The van der Waals surface area contributed by atoms with Gasteiger partial charge in [0.15, 0.2) is 18.7 Å². The number of esters is 2. The van der Waals surface area contributed by atoms with Gasteiger partial charge in [-0.15, -0.1) is 0 Å². The van der Waals surface area contributed by atoms with Crippen LogP contribution in [0.15, 0.2) is 48.6 Å². The van der Waals surface area contributed by atoms with Crippen LogP contribution in [0.1, 0.15) is 245 Å². The highest BCUT2D eigenvalue weighted by Gasteiger charge is 2.47. The lowest BCUT2D eigenvalue weighted by Gasteiger charge is -2.42. The molecule has 7 N–H and O–H groups in total. The van der Waals surface area contributed by atoms with Crippen LogP contribution in [-0.2, 0) is 38.0 Å². The summed E-state index contributed by atoms with van der Waals surface area (Å²) in [5.74, 6) is -0.919. The first kappa shape index (κ1) is 71.6. The first-order valence-electron chi connectivity index (χ1n) is 31.2. The number of rotatable bonds is 50. The molecule has 78 heavy (non-hydrogen) atoms. The molecule has 0 saturated carbocycles. The van der Waals surface area contributed by atoms with Crippen molar-refractivity contribution < 1.29 is 73.8 Å². The summed E-state index contributed by atoms with van der Waals surface area (Å²) >= 11 is 0. The Morgan fingerprint density at radius 1 is 0.423 bits per heavy atom. The summed E-state index contributed by atoms with van der Waals surface area (Å²) in [5.41, 5.74) is 0. The maximum Gasteiger partial charge on any atom is 0.306 e. The average molecular weight is 1110 g/mol. The third-order valence-electron chi connectivity index (χ3n) is 14.8. The quantitative estimate of drug-likeness (QED) is 0.0171. The number of ether oxygens (including phenoxy) is 6. The van der Waals surface area contributed by atoms with Crippen molar-refractivity contribution in [2.45, 2.75) is 313 Å². The lowest BCUT2D eigenvalue weighted by atomic mass is 9.98. The number of aliphatic hydroxyl groups excluding tert-OH is 7. The summed E-state index contributed by atoms with van der Waals surface area (Å²) in [6.45, 7) is 2.52. The van der Waals surface area contributed by atoms with E-state index >= 15 is 0 Å². The van der Waals surface area contributed by atoms with Crippen LogP contribution in [-0.4, -0.2) is 142 Å². The van der Waals surface area contributed by atoms with Gasteiger partial charge in [-0.25, -0.2) is 0 Å². The molecule has 15 nitrogen and oxygen atoms in total. The van der Waals surface area contributed by atoms with E-state index in [2.05, 4.69) is 62.5 Å². The van der Waals surface area contributed by atoms with Crippen molar-refractivity contribution in [2.24, 2.45) is 0 Å². The van der Waals surface area contributed by atoms with Crippen LogP contribution < -0.4 is 0 Å². The molecule has 0 radical (unpaired) electrons. The van der Waals surface area contributed by atoms with Crippen LogP contribution in [0, 0.1) is 0 Å². The standard InChI is InChI=1S/C63H112O15/c1-3-5-7-9-11-13-15-17-19-21-23-24-25-26-28-30-32-34-36-38-40-42-44-46-55(66)76-51(48-73-54(65)45-43-41-39-37-35-33-31-29-27-22-20-18-16-14-12-10-8-6-4-2)49-74-62-61(72)59(70)57(68)53(78-62)50-75-63-60(71)58(69)56(67)52(47-64)77-63/h5,7,11,13,17,19,23-24,51-53,56-64,67-72H,3-4,6,8-10,12,14-16,18,20-22,25-50H2,1-2H3/b7-5-,13-11-,19-17-,24-23-. The third kappa shape index (κ3) is 35.3. The molecule has 11 atom stereocenters. The zero-order valence-corrected chi connectivity index (χ0v) is 48.7. The second-order valence-electron chi connectivity index (χ2n) is 21.9. The molecule has 2 heterocycles. The van der Waals surface area contributed by atoms with Gasteiger partial charge in [0.25, 0.3) is 0 Å². The van der Waals surface area contributed by atoms with E-state index in [1.165, 1.54) is 128 Å². The summed E-state index contributed by atoms with van der Waals surface area (Å²) in [6, 6.07) is 0. The van der Waals surface area contributed by atoms with E-state index in [1.54, 1.807) is 0 Å². The molecule has 0 aromatic heterocycles. The summed E-state index contributed by atoms with van der Waals surface area (Å²) in [7, 11) is 0. The summed E-state index contributed by atoms with van der Waals surface area (Å²) in [6.07, 6.45) is 41.2. The number of carbonyl (C=O) groups is 2. The van der Waals surface area contributed by atoms with E-state index < -0.39 is 92.7 Å². The second kappa shape index (κ2) is 49.1. The molecule has 0 aliphatic carbocycles. The third-order valence-corrected chi connectivity index (χ3v) is 14.8. The molecule has 0 aromatic carbocycles. The average Bonchev–Trinajstić information content (AvgIpc) is 3.44. The van der Waals surface area contributed by atoms with E-state index in [0.717, 1.165) is 77.0 Å². The largest absolute Gasteiger partial charge is 0.462 e.